The summed E-state index contributed by atoms with van der Waals surface area (Å²) in [5.41, 5.74) is 7.14. The smallest absolute Gasteiger partial charge is 0.345 e. The van der Waals surface area contributed by atoms with Crippen LogP contribution in [-0.4, -0.2) is 33.8 Å². The van der Waals surface area contributed by atoms with Gasteiger partial charge in [-0.1, -0.05) is 0 Å². The number of esters is 1. The van der Waals surface area contributed by atoms with E-state index < -0.39 is 5.97 Å². The molecule has 0 amide bonds. The Labute approximate surface area is 121 Å². The van der Waals surface area contributed by atoms with Crippen LogP contribution in [0.25, 0.3) is 0 Å². The van der Waals surface area contributed by atoms with Gasteiger partial charge in [0, 0.05) is 32.4 Å². The van der Waals surface area contributed by atoms with E-state index in [1.165, 1.54) is 11.5 Å². The number of carbonyl (C=O) groups is 1. The standard InChI is InChI=1S/C12H17N5O2S/c1-4-19-12(18)9-10(13)15-20-11(9)16(2)6-8-5-14-17(3)7-8/h5,7H,4,6H2,1-3H3,(H2,13,15). The van der Waals surface area contributed by atoms with Crippen molar-refractivity contribution in [2.45, 2.75) is 13.5 Å². The molecule has 0 spiro atoms. The van der Waals surface area contributed by atoms with Crippen molar-refractivity contribution in [3.05, 3.63) is 23.5 Å². The van der Waals surface area contributed by atoms with Crippen molar-refractivity contribution in [2.75, 3.05) is 24.3 Å². The largest absolute Gasteiger partial charge is 0.462 e. The molecule has 2 N–H and O–H groups in total. The third kappa shape index (κ3) is 2.90. The van der Waals surface area contributed by atoms with Crippen molar-refractivity contribution in [3.8, 4) is 0 Å². The number of nitrogens with two attached hydrogens (primary N) is 1. The SMILES string of the molecule is CCOC(=O)c1c(N)nsc1N(C)Cc1cnn(C)c1. The van der Waals surface area contributed by atoms with Gasteiger partial charge in [0.1, 0.15) is 10.6 Å². The van der Waals surface area contributed by atoms with Crippen molar-refractivity contribution in [1.29, 1.82) is 0 Å². The molecule has 0 bridgehead atoms. The summed E-state index contributed by atoms with van der Waals surface area (Å²) in [5, 5.41) is 4.82. The van der Waals surface area contributed by atoms with Crippen molar-refractivity contribution in [3.63, 3.8) is 0 Å². The Bertz CT molecular complexity index is 607. The predicted molar refractivity (Wildman–Crippen MR) is 77.8 cm³/mol. The lowest BCUT2D eigenvalue weighted by Gasteiger charge is -2.17. The number of carbonyl (C=O) groups excluding carboxylic acids is 1. The first-order valence-corrected chi connectivity index (χ1v) is 6.91. The minimum atomic E-state index is -0.438. The van der Waals surface area contributed by atoms with E-state index >= 15 is 0 Å². The van der Waals surface area contributed by atoms with Gasteiger partial charge in [-0.2, -0.15) is 9.47 Å². The van der Waals surface area contributed by atoms with Crippen LogP contribution in [0.2, 0.25) is 0 Å². The lowest BCUT2D eigenvalue weighted by Crippen LogP contribution is -2.18. The molecule has 2 aromatic heterocycles. The molecule has 0 aromatic carbocycles. The summed E-state index contributed by atoms with van der Waals surface area (Å²) in [6.07, 6.45) is 3.70. The number of ether oxygens (including phenoxy) is 1. The van der Waals surface area contributed by atoms with Crippen LogP contribution in [0.1, 0.15) is 22.8 Å². The first-order valence-electron chi connectivity index (χ1n) is 6.13. The number of hydrogen-bond acceptors (Lipinski definition) is 7. The molecule has 7 nitrogen and oxygen atoms in total. The van der Waals surface area contributed by atoms with E-state index in [0.717, 1.165) is 5.56 Å². The molecule has 0 unspecified atom stereocenters. The number of nitrogen functional groups attached to an aromatic ring is 1. The summed E-state index contributed by atoms with van der Waals surface area (Å²) in [6.45, 7) is 2.68. The third-order valence-corrected chi connectivity index (χ3v) is 3.68. The zero-order chi connectivity index (χ0) is 14.7. The van der Waals surface area contributed by atoms with Gasteiger partial charge in [-0.25, -0.2) is 4.79 Å². The van der Waals surface area contributed by atoms with Gasteiger partial charge in [0.2, 0.25) is 0 Å². The van der Waals surface area contributed by atoms with E-state index in [4.69, 9.17) is 10.5 Å². The highest BCUT2D eigenvalue weighted by atomic mass is 32.1. The molecule has 0 saturated heterocycles. The fourth-order valence-corrected chi connectivity index (χ4v) is 2.61. The molecule has 108 valence electrons. The van der Waals surface area contributed by atoms with Crippen molar-refractivity contribution < 1.29 is 9.53 Å². The van der Waals surface area contributed by atoms with Gasteiger partial charge in [0.15, 0.2) is 5.82 Å². The lowest BCUT2D eigenvalue weighted by atomic mass is 10.3. The maximum Gasteiger partial charge on any atom is 0.345 e. The van der Waals surface area contributed by atoms with E-state index in [1.54, 1.807) is 17.8 Å². The highest BCUT2D eigenvalue weighted by molar-refractivity contribution is 7.11. The molecular weight excluding hydrogens is 278 g/mol. The summed E-state index contributed by atoms with van der Waals surface area (Å²) < 4.78 is 10.8. The van der Waals surface area contributed by atoms with Gasteiger partial charge in [-0.05, 0) is 18.5 Å². The molecule has 2 heterocycles. The van der Waals surface area contributed by atoms with Crippen molar-refractivity contribution in [1.82, 2.24) is 14.2 Å². The normalized spacial score (nSPS) is 10.6. The fourth-order valence-electron chi connectivity index (χ4n) is 1.85. The van der Waals surface area contributed by atoms with Crippen LogP contribution in [0.15, 0.2) is 12.4 Å². The molecule has 8 heteroatoms. The summed E-state index contributed by atoms with van der Waals surface area (Å²) in [4.78, 5) is 13.8. The Morgan fingerprint density at radius 2 is 2.35 bits per heavy atom. The van der Waals surface area contributed by atoms with E-state index in [0.29, 0.717) is 23.7 Å². The Morgan fingerprint density at radius 1 is 1.60 bits per heavy atom. The number of aryl methyl sites for hydroxylation is 1. The van der Waals surface area contributed by atoms with Gasteiger partial charge in [0.25, 0.3) is 0 Å². The monoisotopic (exact) mass is 295 g/mol. The Balaban J connectivity index is 2.21. The number of aromatic nitrogens is 3. The van der Waals surface area contributed by atoms with Crippen molar-refractivity contribution >= 4 is 28.3 Å². The molecule has 0 atom stereocenters. The molecule has 20 heavy (non-hydrogen) atoms. The average molecular weight is 295 g/mol. The van der Waals surface area contributed by atoms with Crippen LogP contribution in [0.4, 0.5) is 10.8 Å². The van der Waals surface area contributed by atoms with Crippen LogP contribution in [-0.2, 0) is 18.3 Å². The molecule has 0 aliphatic heterocycles. The maximum atomic E-state index is 11.9. The summed E-state index contributed by atoms with van der Waals surface area (Å²) in [7, 11) is 3.74. The average Bonchev–Trinajstić information content (AvgIpc) is 2.96. The van der Waals surface area contributed by atoms with Crippen LogP contribution in [0.5, 0.6) is 0 Å². The van der Waals surface area contributed by atoms with Gasteiger partial charge >= 0.3 is 5.97 Å². The third-order valence-electron chi connectivity index (χ3n) is 2.70. The van der Waals surface area contributed by atoms with Gasteiger partial charge in [-0.3, -0.25) is 4.68 Å². The van der Waals surface area contributed by atoms with E-state index in [1.807, 2.05) is 25.2 Å². The maximum absolute atomic E-state index is 11.9. The van der Waals surface area contributed by atoms with Crippen LogP contribution >= 0.6 is 11.5 Å². The summed E-state index contributed by atoms with van der Waals surface area (Å²) in [5.74, 6) is -0.228. The number of anilines is 2. The molecule has 0 aliphatic rings. The Morgan fingerprint density at radius 3 is 2.95 bits per heavy atom. The molecule has 2 aromatic rings. The quantitative estimate of drug-likeness (QED) is 0.836. The van der Waals surface area contributed by atoms with Gasteiger partial charge in [0.05, 0.1) is 12.8 Å². The van der Waals surface area contributed by atoms with Crippen LogP contribution in [0, 0.1) is 0 Å². The highest BCUT2D eigenvalue weighted by Gasteiger charge is 2.23. The second-order valence-corrected chi connectivity index (χ2v) is 5.10. The Kier molecular flexibility index (Phi) is 4.23. The first-order chi connectivity index (χ1) is 9.52. The molecule has 0 aliphatic carbocycles. The van der Waals surface area contributed by atoms with Crippen molar-refractivity contribution in [2.24, 2.45) is 7.05 Å². The number of nitrogens with zero attached hydrogens (tertiary/aromatic N) is 4. The first kappa shape index (κ1) is 14.3. The minimum Gasteiger partial charge on any atom is -0.462 e. The van der Waals surface area contributed by atoms with E-state index in [2.05, 4.69) is 9.47 Å². The zero-order valence-electron chi connectivity index (χ0n) is 11.7. The molecule has 0 fully saturated rings. The van der Waals surface area contributed by atoms with Gasteiger partial charge < -0.3 is 15.4 Å². The Hall–Kier alpha value is -2.09. The second-order valence-electron chi connectivity index (χ2n) is 4.35. The van der Waals surface area contributed by atoms with E-state index in [9.17, 15) is 4.79 Å². The zero-order valence-corrected chi connectivity index (χ0v) is 12.5. The second kappa shape index (κ2) is 5.91. The summed E-state index contributed by atoms with van der Waals surface area (Å²) >= 11 is 1.19. The predicted octanol–water partition coefficient (Wildman–Crippen LogP) is 1.27. The summed E-state index contributed by atoms with van der Waals surface area (Å²) in [6, 6.07) is 0. The minimum absolute atomic E-state index is 0.210. The highest BCUT2D eigenvalue weighted by Crippen LogP contribution is 2.31. The topological polar surface area (TPSA) is 86.3 Å². The molecular formula is C12H17N5O2S. The van der Waals surface area contributed by atoms with Crippen LogP contribution in [0.3, 0.4) is 0 Å². The number of rotatable bonds is 5. The molecule has 0 saturated carbocycles. The molecule has 2 rings (SSSR count). The van der Waals surface area contributed by atoms with Gasteiger partial charge in [-0.15, -0.1) is 0 Å². The van der Waals surface area contributed by atoms with Crippen LogP contribution < -0.4 is 10.6 Å². The number of hydrogen-bond donors (Lipinski definition) is 1. The lowest BCUT2D eigenvalue weighted by molar-refractivity contribution is 0.0528. The van der Waals surface area contributed by atoms with E-state index in [-0.39, 0.29) is 5.82 Å². The fraction of sp³-hybridized carbons (Fsp3) is 0.417. The molecule has 0 radical (unpaired) electrons.